The maximum Gasteiger partial charge on any atom is 0.261 e. The highest BCUT2D eigenvalue weighted by Crippen LogP contribution is 2.25. The Morgan fingerprint density at radius 1 is 1.04 bits per heavy atom. The molecule has 146 valence electrons. The Morgan fingerprint density at radius 3 is 2.68 bits per heavy atom. The molecule has 0 saturated heterocycles. The molecule has 0 amide bonds. The summed E-state index contributed by atoms with van der Waals surface area (Å²) in [6.07, 6.45) is 10.1. The fourth-order valence-electron chi connectivity index (χ4n) is 4.05. The molecular formula is C24H28N2O2. The van der Waals surface area contributed by atoms with Gasteiger partial charge < -0.3 is 4.74 Å². The SMILES string of the molecule is O=c1c2ccc(OCC3CCCCC3)cc2ncn1CCCc1ccccc1. The Morgan fingerprint density at radius 2 is 1.86 bits per heavy atom. The van der Waals surface area contributed by atoms with E-state index in [1.54, 1.807) is 10.9 Å². The first kappa shape index (κ1) is 18.7. The van der Waals surface area contributed by atoms with Crippen LogP contribution >= 0.6 is 0 Å². The number of benzene rings is 2. The van der Waals surface area contributed by atoms with Crippen molar-refractivity contribution >= 4 is 10.9 Å². The van der Waals surface area contributed by atoms with Gasteiger partial charge in [0.15, 0.2) is 0 Å². The number of aryl methyl sites for hydroxylation is 2. The van der Waals surface area contributed by atoms with Gasteiger partial charge >= 0.3 is 0 Å². The van der Waals surface area contributed by atoms with Crippen LogP contribution in [0.5, 0.6) is 5.75 Å². The second kappa shape index (κ2) is 9.05. The third-order valence-corrected chi connectivity index (χ3v) is 5.71. The summed E-state index contributed by atoms with van der Waals surface area (Å²) < 4.78 is 7.70. The average Bonchev–Trinajstić information content (AvgIpc) is 2.75. The van der Waals surface area contributed by atoms with Gasteiger partial charge in [-0.1, -0.05) is 49.6 Å². The summed E-state index contributed by atoms with van der Waals surface area (Å²) in [7, 11) is 0. The predicted molar refractivity (Wildman–Crippen MR) is 113 cm³/mol. The Bertz CT molecular complexity index is 959. The molecule has 0 bridgehead atoms. The first-order valence-corrected chi connectivity index (χ1v) is 10.5. The molecule has 1 aliphatic rings. The number of nitrogens with zero attached hydrogens (tertiary/aromatic N) is 2. The summed E-state index contributed by atoms with van der Waals surface area (Å²) in [5, 5.41) is 0.659. The van der Waals surface area contributed by atoms with Crippen molar-refractivity contribution in [1.29, 1.82) is 0 Å². The minimum atomic E-state index is 0.0249. The lowest BCUT2D eigenvalue weighted by atomic mass is 9.90. The molecule has 1 heterocycles. The van der Waals surface area contributed by atoms with E-state index >= 15 is 0 Å². The summed E-state index contributed by atoms with van der Waals surface area (Å²) in [5.74, 6) is 1.47. The van der Waals surface area contributed by atoms with Gasteiger partial charge in [-0.2, -0.15) is 0 Å². The molecule has 0 unspecified atom stereocenters. The van der Waals surface area contributed by atoms with Gasteiger partial charge in [0.05, 0.1) is 23.8 Å². The maximum atomic E-state index is 12.8. The fourth-order valence-corrected chi connectivity index (χ4v) is 4.05. The van der Waals surface area contributed by atoms with Crippen molar-refractivity contribution in [2.75, 3.05) is 6.61 Å². The second-order valence-electron chi connectivity index (χ2n) is 7.83. The highest BCUT2D eigenvalue weighted by molar-refractivity contribution is 5.78. The topological polar surface area (TPSA) is 44.1 Å². The molecule has 2 aromatic carbocycles. The van der Waals surface area contributed by atoms with Crippen LogP contribution in [-0.4, -0.2) is 16.2 Å². The third-order valence-electron chi connectivity index (χ3n) is 5.71. The minimum absolute atomic E-state index is 0.0249. The summed E-state index contributed by atoms with van der Waals surface area (Å²) in [5.41, 5.74) is 2.03. The van der Waals surface area contributed by atoms with Gasteiger partial charge in [0.2, 0.25) is 0 Å². The lowest BCUT2D eigenvalue weighted by molar-refractivity contribution is 0.209. The van der Waals surface area contributed by atoms with Gasteiger partial charge in [-0.05, 0) is 49.3 Å². The summed E-state index contributed by atoms with van der Waals surface area (Å²) in [6.45, 7) is 1.44. The summed E-state index contributed by atoms with van der Waals surface area (Å²) in [4.78, 5) is 17.3. The number of fused-ring (bicyclic) bond motifs is 1. The molecule has 0 aliphatic heterocycles. The highest BCUT2D eigenvalue weighted by Gasteiger charge is 2.14. The van der Waals surface area contributed by atoms with Crippen molar-refractivity contribution in [3.05, 3.63) is 70.8 Å². The largest absolute Gasteiger partial charge is 0.493 e. The van der Waals surface area contributed by atoms with E-state index in [1.165, 1.54) is 37.7 Å². The quantitative estimate of drug-likeness (QED) is 0.583. The lowest BCUT2D eigenvalue weighted by Gasteiger charge is -2.21. The molecule has 4 rings (SSSR count). The van der Waals surface area contributed by atoms with Gasteiger partial charge in [0.1, 0.15) is 5.75 Å². The Kier molecular flexibility index (Phi) is 6.05. The number of aromatic nitrogens is 2. The van der Waals surface area contributed by atoms with Gasteiger partial charge in [0.25, 0.3) is 5.56 Å². The van der Waals surface area contributed by atoms with Crippen molar-refractivity contribution in [2.24, 2.45) is 5.92 Å². The first-order chi connectivity index (χ1) is 13.8. The van der Waals surface area contributed by atoms with E-state index in [-0.39, 0.29) is 5.56 Å². The molecule has 4 nitrogen and oxygen atoms in total. The van der Waals surface area contributed by atoms with Crippen LogP contribution in [0.1, 0.15) is 44.1 Å². The van der Waals surface area contributed by atoms with E-state index in [2.05, 4.69) is 17.1 Å². The number of ether oxygens (including phenoxy) is 1. The number of hydrogen-bond acceptors (Lipinski definition) is 3. The summed E-state index contributed by atoms with van der Waals surface area (Å²) >= 11 is 0. The van der Waals surface area contributed by atoms with Crippen molar-refractivity contribution in [3.63, 3.8) is 0 Å². The van der Waals surface area contributed by atoms with Gasteiger partial charge in [-0.3, -0.25) is 9.36 Å². The molecule has 1 aromatic heterocycles. The molecule has 1 aliphatic carbocycles. The zero-order valence-corrected chi connectivity index (χ0v) is 16.3. The van der Waals surface area contributed by atoms with Gasteiger partial charge in [-0.15, -0.1) is 0 Å². The Balaban J connectivity index is 1.40. The maximum absolute atomic E-state index is 12.8. The van der Waals surface area contributed by atoms with E-state index in [9.17, 15) is 4.79 Å². The summed E-state index contributed by atoms with van der Waals surface area (Å²) in [6, 6.07) is 16.0. The van der Waals surface area contributed by atoms with Crippen LogP contribution in [0.15, 0.2) is 59.7 Å². The predicted octanol–water partition coefficient (Wildman–Crippen LogP) is 4.99. The van der Waals surface area contributed by atoms with Crippen LogP contribution in [0.2, 0.25) is 0 Å². The number of rotatable bonds is 7. The smallest absolute Gasteiger partial charge is 0.261 e. The standard InChI is InChI=1S/C24H28N2O2/c27-24-22-14-13-21(28-17-20-10-5-2-6-11-20)16-23(22)25-18-26(24)15-7-12-19-8-3-1-4-9-19/h1,3-4,8-9,13-14,16,18,20H,2,5-7,10-12,15,17H2. The van der Waals surface area contributed by atoms with Crippen LogP contribution < -0.4 is 10.3 Å². The third kappa shape index (κ3) is 4.61. The number of hydrogen-bond donors (Lipinski definition) is 0. The molecule has 3 aromatic rings. The molecule has 4 heteroatoms. The fraction of sp³-hybridized carbons (Fsp3) is 0.417. The van der Waals surface area contributed by atoms with Crippen LogP contribution in [0.4, 0.5) is 0 Å². The molecule has 0 atom stereocenters. The highest BCUT2D eigenvalue weighted by atomic mass is 16.5. The van der Waals surface area contributed by atoms with Gasteiger partial charge in [0, 0.05) is 12.6 Å². The van der Waals surface area contributed by atoms with Gasteiger partial charge in [-0.25, -0.2) is 4.98 Å². The minimum Gasteiger partial charge on any atom is -0.493 e. The molecule has 0 radical (unpaired) electrons. The van der Waals surface area contributed by atoms with E-state index in [1.807, 2.05) is 36.4 Å². The van der Waals surface area contributed by atoms with Crippen LogP contribution in [0, 0.1) is 5.92 Å². The molecular weight excluding hydrogens is 348 g/mol. The second-order valence-corrected chi connectivity index (χ2v) is 7.83. The van der Waals surface area contributed by atoms with Crippen molar-refractivity contribution in [1.82, 2.24) is 9.55 Å². The van der Waals surface area contributed by atoms with E-state index < -0.39 is 0 Å². The monoisotopic (exact) mass is 376 g/mol. The van der Waals surface area contributed by atoms with E-state index in [4.69, 9.17) is 4.74 Å². The molecule has 1 saturated carbocycles. The Hall–Kier alpha value is -2.62. The zero-order chi connectivity index (χ0) is 19.2. The Labute approximate surface area is 166 Å². The van der Waals surface area contributed by atoms with Crippen LogP contribution in [0.25, 0.3) is 10.9 Å². The van der Waals surface area contributed by atoms with Crippen molar-refractivity contribution < 1.29 is 4.74 Å². The molecule has 1 fully saturated rings. The van der Waals surface area contributed by atoms with Crippen molar-refractivity contribution in [3.8, 4) is 5.75 Å². The lowest BCUT2D eigenvalue weighted by Crippen LogP contribution is -2.21. The molecule has 0 N–H and O–H groups in total. The van der Waals surface area contributed by atoms with E-state index in [0.29, 0.717) is 23.4 Å². The van der Waals surface area contributed by atoms with Crippen LogP contribution in [-0.2, 0) is 13.0 Å². The average molecular weight is 377 g/mol. The van der Waals surface area contributed by atoms with E-state index in [0.717, 1.165) is 25.2 Å². The van der Waals surface area contributed by atoms with Crippen molar-refractivity contribution in [2.45, 2.75) is 51.5 Å². The van der Waals surface area contributed by atoms with Crippen LogP contribution in [0.3, 0.4) is 0 Å². The first-order valence-electron chi connectivity index (χ1n) is 10.5. The molecule has 0 spiro atoms. The molecule has 28 heavy (non-hydrogen) atoms. The normalized spacial score (nSPS) is 15.0. The zero-order valence-electron chi connectivity index (χ0n) is 16.3.